The molecule has 13 heavy (non-hydrogen) atoms. The maximum Gasteiger partial charge on any atom is 0.129 e. The van der Waals surface area contributed by atoms with Gasteiger partial charge in [-0.2, -0.15) is 0 Å². The molecule has 0 atom stereocenters. The highest BCUT2D eigenvalue weighted by atomic mass is 14.9. The Labute approximate surface area is 80.2 Å². The van der Waals surface area contributed by atoms with Gasteiger partial charge in [-0.25, -0.2) is 0 Å². The highest BCUT2D eigenvalue weighted by Gasteiger charge is 2.16. The minimum Gasteiger partial charge on any atom is -0.311 e. The van der Waals surface area contributed by atoms with Crippen molar-refractivity contribution in [1.82, 2.24) is 0 Å². The molecule has 0 amide bonds. The van der Waals surface area contributed by atoms with Crippen LogP contribution in [0.15, 0.2) is 30.3 Å². The van der Waals surface area contributed by atoms with Crippen LogP contribution >= 0.6 is 0 Å². The molecule has 0 saturated heterocycles. The minimum absolute atomic E-state index is 0.844. The molecule has 1 aromatic rings. The second-order valence-corrected chi connectivity index (χ2v) is 3.98. The van der Waals surface area contributed by atoms with Gasteiger partial charge in [0, 0.05) is 0 Å². The molecule has 0 bridgehead atoms. The number of hydrogen-bond acceptors (Lipinski definition) is 0. The molecule has 0 radical (unpaired) electrons. The number of para-hydroxylation sites is 1. The summed E-state index contributed by atoms with van der Waals surface area (Å²) >= 11 is 0. The van der Waals surface area contributed by atoms with Gasteiger partial charge in [0.15, 0.2) is 0 Å². The van der Waals surface area contributed by atoms with Gasteiger partial charge in [0.2, 0.25) is 0 Å². The van der Waals surface area contributed by atoms with E-state index in [4.69, 9.17) is 0 Å². The molecular weight excluding hydrogens is 158 g/mol. The summed E-state index contributed by atoms with van der Waals surface area (Å²) in [6.07, 6.45) is 7.09. The van der Waals surface area contributed by atoms with E-state index in [9.17, 15) is 0 Å². The van der Waals surface area contributed by atoms with Crippen LogP contribution in [0.5, 0.6) is 0 Å². The SMILES string of the molecule is c1ccc([NH2+]C2CCCCC2)cc1. The lowest BCUT2D eigenvalue weighted by Gasteiger charge is -2.19. The summed E-state index contributed by atoms with van der Waals surface area (Å²) in [7, 11) is 0. The fraction of sp³-hybridized carbons (Fsp3) is 0.500. The van der Waals surface area contributed by atoms with Crippen LogP contribution in [-0.4, -0.2) is 6.04 Å². The first-order valence-electron chi connectivity index (χ1n) is 5.35. The highest BCUT2D eigenvalue weighted by molar-refractivity contribution is 5.26. The van der Waals surface area contributed by atoms with Crippen molar-refractivity contribution in [3.8, 4) is 0 Å². The van der Waals surface area contributed by atoms with E-state index < -0.39 is 0 Å². The lowest BCUT2D eigenvalue weighted by molar-refractivity contribution is -0.614. The van der Waals surface area contributed by atoms with Gasteiger partial charge in [-0.1, -0.05) is 24.6 Å². The van der Waals surface area contributed by atoms with Gasteiger partial charge in [0.05, 0.1) is 6.04 Å². The molecule has 1 aliphatic carbocycles. The first kappa shape index (κ1) is 8.76. The predicted octanol–water partition coefficient (Wildman–Crippen LogP) is 2.21. The zero-order valence-corrected chi connectivity index (χ0v) is 8.08. The Hall–Kier alpha value is -0.820. The number of quaternary nitrogens is 1. The quantitative estimate of drug-likeness (QED) is 0.665. The van der Waals surface area contributed by atoms with Crippen molar-refractivity contribution >= 4 is 5.69 Å². The summed E-state index contributed by atoms with van der Waals surface area (Å²) in [5, 5.41) is 2.44. The summed E-state index contributed by atoms with van der Waals surface area (Å²) in [6, 6.07) is 11.6. The molecular formula is C12H18N+. The average molecular weight is 176 g/mol. The molecule has 1 fully saturated rings. The highest BCUT2D eigenvalue weighted by Crippen LogP contribution is 2.15. The Bertz CT molecular complexity index is 237. The molecule has 70 valence electrons. The average Bonchev–Trinajstić information content (AvgIpc) is 2.21. The number of benzene rings is 1. The van der Waals surface area contributed by atoms with E-state index in [2.05, 4.69) is 35.6 Å². The Balaban J connectivity index is 1.90. The first-order chi connectivity index (χ1) is 6.45. The summed E-state index contributed by atoms with van der Waals surface area (Å²) in [5.41, 5.74) is 1.40. The van der Waals surface area contributed by atoms with Crippen molar-refractivity contribution in [2.24, 2.45) is 0 Å². The number of rotatable bonds is 2. The Kier molecular flexibility index (Phi) is 2.98. The van der Waals surface area contributed by atoms with Gasteiger partial charge in [-0.15, -0.1) is 0 Å². The summed E-state index contributed by atoms with van der Waals surface area (Å²) in [5.74, 6) is 0. The maximum absolute atomic E-state index is 2.44. The summed E-state index contributed by atoms with van der Waals surface area (Å²) < 4.78 is 0. The topological polar surface area (TPSA) is 16.6 Å². The van der Waals surface area contributed by atoms with Gasteiger partial charge in [-0.3, -0.25) is 0 Å². The van der Waals surface area contributed by atoms with E-state index in [0.29, 0.717) is 0 Å². The van der Waals surface area contributed by atoms with Crippen LogP contribution in [0.2, 0.25) is 0 Å². The van der Waals surface area contributed by atoms with Gasteiger partial charge >= 0.3 is 0 Å². The van der Waals surface area contributed by atoms with Crippen LogP contribution in [0.25, 0.3) is 0 Å². The molecule has 2 N–H and O–H groups in total. The van der Waals surface area contributed by atoms with E-state index >= 15 is 0 Å². The van der Waals surface area contributed by atoms with Crippen molar-refractivity contribution in [1.29, 1.82) is 0 Å². The Morgan fingerprint density at radius 3 is 2.31 bits per heavy atom. The van der Waals surface area contributed by atoms with Crippen molar-refractivity contribution in [3.05, 3.63) is 30.3 Å². The van der Waals surface area contributed by atoms with Crippen molar-refractivity contribution in [2.45, 2.75) is 38.1 Å². The van der Waals surface area contributed by atoms with Gasteiger partial charge < -0.3 is 5.32 Å². The number of hydrogen-bond donors (Lipinski definition) is 1. The third-order valence-corrected chi connectivity index (χ3v) is 2.88. The van der Waals surface area contributed by atoms with Crippen LogP contribution in [0.4, 0.5) is 5.69 Å². The molecule has 0 heterocycles. The molecule has 0 aliphatic heterocycles. The van der Waals surface area contributed by atoms with E-state index in [-0.39, 0.29) is 0 Å². The van der Waals surface area contributed by atoms with Crippen molar-refractivity contribution < 1.29 is 5.32 Å². The molecule has 1 nitrogen and oxygen atoms in total. The van der Waals surface area contributed by atoms with E-state index in [0.717, 1.165) is 6.04 Å². The second-order valence-electron chi connectivity index (χ2n) is 3.98. The van der Waals surface area contributed by atoms with E-state index in [1.165, 1.54) is 37.8 Å². The largest absolute Gasteiger partial charge is 0.311 e. The zero-order chi connectivity index (χ0) is 8.93. The molecule has 1 aromatic carbocycles. The molecule has 0 aromatic heterocycles. The van der Waals surface area contributed by atoms with Crippen LogP contribution in [0, 0.1) is 0 Å². The van der Waals surface area contributed by atoms with Gasteiger partial charge in [0.25, 0.3) is 0 Å². The number of nitrogens with two attached hydrogens (primary N) is 1. The van der Waals surface area contributed by atoms with Crippen LogP contribution in [-0.2, 0) is 0 Å². The normalized spacial score (nSPS) is 18.8. The van der Waals surface area contributed by atoms with E-state index in [1.807, 2.05) is 0 Å². The maximum atomic E-state index is 2.44. The fourth-order valence-electron chi connectivity index (χ4n) is 2.14. The summed E-state index contributed by atoms with van der Waals surface area (Å²) in [6.45, 7) is 0. The standard InChI is InChI=1S/C12H17N/c1-3-7-11(8-4-1)13-12-9-5-2-6-10-12/h1,3-4,7-8,12-13H,2,5-6,9-10H2/p+1. The van der Waals surface area contributed by atoms with Crippen molar-refractivity contribution in [2.75, 3.05) is 0 Å². The predicted molar refractivity (Wildman–Crippen MR) is 54.9 cm³/mol. The third kappa shape index (κ3) is 2.56. The zero-order valence-electron chi connectivity index (χ0n) is 8.08. The lowest BCUT2D eigenvalue weighted by atomic mass is 9.95. The molecule has 0 unspecified atom stereocenters. The smallest absolute Gasteiger partial charge is 0.129 e. The molecule has 0 spiro atoms. The monoisotopic (exact) mass is 176 g/mol. The lowest BCUT2D eigenvalue weighted by Crippen LogP contribution is -2.84. The summed E-state index contributed by atoms with van der Waals surface area (Å²) in [4.78, 5) is 0. The molecule has 2 rings (SSSR count). The molecule has 1 heteroatoms. The third-order valence-electron chi connectivity index (χ3n) is 2.88. The van der Waals surface area contributed by atoms with Crippen LogP contribution in [0.3, 0.4) is 0 Å². The minimum atomic E-state index is 0.844. The van der Waals surface area contributed by atoms with Crippen LogP contribution < -0.4 is 5.32 Å². The second kappa shape index (κ2) is 4.43. The first-order valence-corrected chi connectivity index (χ1v) is 5.35. The van der Waals surface area contributed by atoms with Crippen molar-refractivity contribution in [3.63, 3.8) is 0 Å². The Morgan fingerprint density at radius 2 is 1.62 bits per heavy atom. The molecule has 1 aliphatic rings. The Morgan fingerprint density at radius 1 is 0.923 bits per heavy atom. The fourth-order valence-corrected chi connectivity index (χ4v) is 2.14. The molecule has 1 saturated carbocycles. The van der Waals surface area contributed by atoms with Crippen LogP contribution in [0.1, 0.15) is 32.1 Å². The van der Waals surface area contributed by atoms with Gasteiger partial charge in [-0.05, 0) is 37.8 Å². The van der Waals surface area contributed by atoms with E-state index in [1.54, 1.807) is 0 Å². The van der Waals surface area contributed by atoms with Gasteiger partial charge in [0.1, 0.15) is 5.69 Å².